The molecule has 0 aliphatic carbocycles. The number of anilines is 2. The lowest BCUT2D eigenvalue weighted by molar-refractivity contribution is -0.121. The Kier molecular flexibility index (Phi) is 4.20. The van der Waals surface area contributed by atoms with E-state index < -0.39 is 0 Å². The third-order valence-electron chi connectivity index (χ3n) is 3.45. The standard InChI is InChI=1S/C14H21N3O/c1-2-13(17-9-3-4-10-17)14(18)16-12-7-5-11(15)6-8-12/h5-8,13H,2-4,9-10,15H2,1H3,(H,16,18). The SMILES string of the molecule is CCC(C(=O)Nc1ccc(N)cc1)N1CCCC1. The summed E-state index contributed by atoms with van der Waals surface area (Å²) < 4.78 is 0. The van der Waals surface area contributed by atoms with Gasteiger partial charge in [0.15, 0.2) is 0 Å². The van der Waals surface area contributed by atoms with Crippen molar-refractivity contribution in [3.63, 3.8) is 0 Å². The van der Waals surface area contributed by atoms with Crippen molar-refractivity contribution >= 4 is 17.3 Å². The van der Waals surface area contributed by atoms with E-state index in [1.807, 2.05) is 12.1 Å². The molecule has 1 aliphatic heterocycles. The van der Waals surface area contributed by atoms with Crippen LogP contribution in [-0.2, 0) is 4.79 Å². The molecule has 1 heterocycles. The fraction of sp³-hybridized carbons (Fsp3) is 0.500. The van der Waals surface area contributed by atoms with Crippen LogP contribution in [0.1, 0.15) is 26.2 Å². The molecule has 1 aliphatic rings. The zero-order valence-electron chi connectivity index (χ0n) is 10.9. The van der Waals surface area contributed by atoms with E-state index in [2.05, 4.69) is 17.1 Å². The van der Waals surface area contributed by atoms with Gasteiger partial charge in [-0.05, 0) is 56.6 Å². The summed E-state index contributed by atoms with van der Waals surface area (Å²) in [5, 5.41) is 2.96. The molecule has 0 spiro atoms. The first kappa shape index (κ1) is 12.9. The van der Waals surface area contributed by atoms with E-state index in [4.69, 9.17) is 5.73 Å². The molecule has 1 amide bonds. The van der Waals surface area contributed by atoms with Crippen LogP contribution in [0.4, 0.5) is 11.4 Å². The van der Waals surface area contributed by atoms with Gasteiger partial charge < -0.3 is 11.1 Å². The Hall–Kier alpha value is -1.55. The highest BCUT2D eigenvalue weighted by molar-refractivity contribution is 5.94. The minimum atomic E-state index is -0.00921. The Morgan fingerprint density at radius 1 is 1.33 bits per heavy atom. The molecule has 0 saturated carbocycles. The van der Waals surface area contributed by atoms with Crippen LogP contribution in [0.15, 0.2) is 24.3 Å². The van der Waals surface area contributed by atoms with Crippen LogP contribution in [0.3, 0.4) is 0 Å². The number of rotatable bonds is 4. The Morgan fingerprint density at radius 3 is 2.50 bits per heavy atom. The molecule has 0 aromatic heterocycles. The van der Waals surface area contributed by atoms with Gasteiger partial charge in [0.25, 0.3) is 0 Å². The van der Waals surface area contributed by atoms with Crippen LogP contribution in [0.25, 0.3) is 0 Å². The third kappa shape index (κ3) is 3.01. The predicted molar refractivity (Wildman–Crippen MR) is 74.4 cm³/mol. The summed E-state index contributed by atoms with van der Waals surface area (Å²) in [4.78, 5) is 14.5. The number of amides is 1. The Balaban J connectivity index is 1.98. The smallest absolute Gasteiger partial charge is 0.241 e. The van der Waals surface area contributed by atoms with E-state index >= 15 is 0 Å². The number of nitrogens with one attached hydrogen (secondary N) is 1. The Morgan fingerprint density at radius 2 is 1.94 bits per heavy atom. The van der Waals surface area contributed by atoms with Gasteiger partial charge in [0.05, 0.1) is 6.04 Å². The predicted octanol–water partition coefficient (Wildman–Crippen LogP) is 2.08. The zero-order valence-corrected chi connectivity index (χ0v) is 10.9. The molecule has 18 heavy (non-hydrogen) atoms. The van der Waals surface area contributed by atoms with Crippen molar-refractivity contribution in [3.05, 3.63) is 24.3 Å². The maximum Gasteiger partial charge on any atom is 0.241 e. The summed E-state index contributed by atoms with van der Waals surface area (Å²) in [6.07, 6.45) is 3.25. The molecule has 0 bridgehead atoms. The van der Waals surface area contributed by atoms with Crippen molar-refractivity contribution in [2.75, 3.05) is 24.1 Å². The van der Waals surface area contributed by atoms with Gasteiger partial charge in [-0.1, -0.05) is 6.92 Å². The first-order valence-electron chi connectivity index (χ1n) is 6.61. The number of carbonyl (C=O) groups is 1. The summed E-state index contributed by atoms with van der Waals surface area (Å²) in [5.41, 5.74) is 7.14. The lowest BCUT2D eigenvalue weighted by atomic mass is 10.1. The van der Waals surface area contributed by atoms with Crippen LogP contribution in [0.5, 0.6) is 0 Å². The minimum absolute atomic E-state index is 0.00921. The normalized spacial score (nSPS) is 17.6. The highest BCUT2D eigenvalue weighted by atomic mass is 16.2. The van der Waals surface area contributed by atoms with Gasteiger partial charge in [0, 0.05) is 11.4 Å². The van der Waals surface area contributed by atoms with Gasteiger partial charge in [0.1, 0.15) is 0 Å². The van der Waals surface area contributed by atoms with E-state index in [0.717, 1.165) is 25.2 Å². The largest absolute Gasteiger partial charge is 0.399 e. The maximum absolute atomic E-state index is 12.2. The Bertz CT molecular complexity index is 396. The zero-order chi connectivity index (χ0) is 13.0. The van der Waals surface area contributed by atoms with Crippen LogP contribution < -0.4 is 11.1 Å². The van der Waals surface area contributed by atoms with Gasteiger partial charge >= 0.3 is 0 Å². The average molecular weight is 247 g/mol. The van der Waals surface area contributed by atoms with Crippen molar-refractivity contribution in [3.8, 4) is 0 Å². The molecule has 1 atom stereocenters. The third-order valence-corrected chi connectivity index (χ3v) is 3.45. The summed E-state index contributed by atoms with van der Waals surface area (Å²) >= 11 is 0. The second-order valence-electron chi connectivity index (χ2n) is 4.78. The van der Waals surface area contributed by atoms with E-state index in [1.165, 1.54) is 12.8 Å². The number of hydrogen-bond donors (Lipinski definition) is 2. The van der Waals surface area contributed by atoms with Gasteiger partial charge in [-0.15, -0.1) is 0 Å². The average Bonchev–Trinajstić information content (AvgIpc) is 2.87. The van der Waals surface area contributed by atoms with E-state index in [-0.39, 0.29) is 11.9 Å². The topological polar surface area (TPSA) is 58.4 Å². The maximum atomic E-state index is 12.2. The summed E-state index contributed by atoms with van der Waals surface area (Å²) in [7, 11) is 0. The summed E-state index contributed by atoms with van der Waals surface area (Å²) in [5.74, 6) is 0.0872. The van der Waals surface area contributed by atoms with Crippen molar-refractivity contribution in [1.82, 2.24) is 4.90 Å². The molecule has 3 N–H and O–H groups in total. The molecule has 1 aromatic rings. The molecule has 1 fully saturated rings. The quantitative estimate of drug-likeness (QED) is 0.801. The molecule has 1 unspecified atom stereocenters. The van der Waals surface area contributed by atoms with E-state index in [1.54, 1.807) is 12.1 Å². The highest BCUT2D eigenvalue weighted by Crippen LogP contribution is 2.17. The van der Waals surface area contributed by atoms with Crippen molar-refractivity contribution in [2.45, 2.75) is 32.2 Å². The first-order chi connectivity index (χ1) is 8.70. The molecule has 4 heteroatoms. The van der Waals surface area contributed by atoms with Crippen LogP contribution in [-0.4, -0.2) is 29.9 Å². The molecule has 4 nitrogen and oxygen atoms in total. The molecule has 1 aromatic carbocycles. The second kappa shape index (κ2) is 5.87. The molecular weight excluding hydrogens is 226 g/mol. The van der Waals surface area contributed by atoms with E-state index in [0.29, 0.717) is 5.69 Å². The number of nitrogens with two attached hydrogens (primary N) is 1. The fourth-order valence-electron chi connectivity index (χ4n) is 2.45. The van der Waals surface area contributed by atoms with Crippen LogP contribution in [0, 0.1) is 0 Å². The first-order valence-corrected chi connectivity index (χ1v) is 6.61. The highest BCUT2D eigenvalue weighted by Gasteiger charge is 2.26. The number of benzene rings is 1. The number of nitrogen functional groups attached to an aromatic ring is 1. The van der Waals surface area contributed by atoms with Gasteiger partial charge in [0.2, 0.25) is 5.91 Å². The van der Waals surface area contributed by atoms with Crippen molar-refractivity contribution in [1.29, 1.82) is 0 Å². The fourth-order valence-corrected chi connectivity index (χ4v) is 2.45. The monoisotopic (exact) mass is 247 g/mol. The Labute approximate surface area is 108 Å². The molecular formula is C14H21N3O. The lowest BCUT2D eigenvalue weighted by Gasteiger charge is -2.25. The summed E-state index contributed by atoms with van der Waals surface area (Å²) in [6.45, 7) is 4.13. The van der Waals surface area contributed by atoms with Gasteiger partial charge in [-0.3, -0.25) is 9.69 Å². The minimum Gasteiger partial charge on any atom is -0.399 e. The molecule has 98 valence electrons. The van der Waals surface area contributed by atoms with Gasteiger partial charge in [-0.2, -0.15) is 0 Å². The van der Waals surface area contributed by atoms with Crippen molar-refractivity contribution in [2.24, 2.45) is 0 Å². The van der Waals surface area contributed by atoms with Crippen LogP contribution >= 0.6 is 0 Å². The van der Waals surface area contributed by atoms with Gasteiger partial charge in [-0.25, -0.2) is 0 Å². The molecule has 2 rings (SSSR count). The summed E-state index contributed by atoms with van der Waals surface area (Å²) in [6, 6.07) is 7.26. The van der Waals surface area contributed by atoms with Crippen LogP contribution in [0.2, 0.25) is 0 Å². The number of nitrogens with zero attached hydrogens (tertiary/aromatic N) is 1. The van der Waals surface area contributed by atoms with Crippen molar-refractivity contribution < 1.29 is 4.79 Å². The number of hydrogen-bond acceptors (Lipinski definition) is 3. The second-order valence-corrected chi connectivity index (χ2v) is 4.78. The molecule has 1 saturated heterocycles. The number of likely N-dealkylation sites (tertiary alicyclic amines) is 1. The number of carbonyl (C=O) groups excluding carboxylic acids is 1. The lowest BCUT2D eigenvalue weighted by Crippen LogP contribution is -2.42. The van der Waals surface area contributed by atoms with E-state index in [9.17, 15) is 4.79 Å². The molecule has 0 radical (unpaired) electrons.